The maximum atomic E-state index is 5.75. The molecule has 1 atom stereocenters. The topological polar surface area (TPSA) is 39.2 Å². The number of furan rings is 1. The van der Waals surface area contributed by atoms with E-state index in [0.717, 1.165) is 17.1 Å². The Balaban J connectivity index is 2.42. The lowest BCUT2D eigenvalue weighted by Gasteiger charge is -2.02. The second kappa shape index (κ2) is 3.91. The van der Waals surface area contributed by atoms with Gasteiger partial charge in [-0.15, -0.1) is 0 Å². The lowest BCUT2D eigenvalue weighted by atomic mass is 10.1. The summed E-state index contributed by atoms with van der Waals surface area (Å²) in [6, 6.07) is 12.0. The van der Waals surface area contributed by atoms with Gasteiger partial charge in [0.2, 0.25) is 0 Å². The van der Waals surface area contributed by atoms with Crippen LogP contribution in [0.2, 0.25) is 0 Å². The van der Waals surface area contributed by atoms with Crippen molar-refractivity contribution in [1.29, 1.82) is 0 Å². The van der Waals surface area contributed by atoms with Crippen LogP contribution in [0.4, 0.5) is 0 Å². The second-order valence-electron chi connectivity index (χ2n) is 3.81. The molecule has 0 fully saturated rings. The Morgan fingerprint density at radius 1 is 1.13 bits per heavy atom. The molecule has 0 aliphatic carbocycles. The number of benzene rings is 1. The molecule has 0 aliphatic rings. The Labute approximate surface area is 89.7 Å². The van der Waals surface area contributed by atoms with Gasteiger partial charge < -0.3 is 10.2 Å². The number of rotatable bonds is 2. The summed E-state index contributed by atoms with van der Waals surface area (Å²) in [5.41, 5.74) is 8.09. The molecule has 0 spiro atoms. The average molecular weight is 201 g/mol. The number of hydrogen-bond acceptors (Lipinski definition) is 2. The molecule has 2 nitrogen and oxygen atoms in total. The van der Waals surface area contributed by atoms with Crippen LogP contribution < -0.4 is 5.73 Å². The van der Waals surface area contributed by atoms with E-state index in [1.807, 2.05) is 31.2 Å². The Morgan fingerprint density at radius 3 is 2.47 bits per heavy atom. The third-order valence-corrected chi connectivity index (χ3v) is 2.49. The van der Waals surface area contributed by atoms with Crippen LogP contribution in [-0.2, 0) is 0 Å². The molecule has 0 bridgehead atoms. The fraction of sp³-hybridized carbons (Fsp3) is 0.231. The Hall–Kier alpha value is -1.54. The van der Waals surface area contributed by atoms with E-state index in [0.29, 0.717) is 0 Å². The molecule has 0 amide bonds. The minimum atomic E-state index is -0.0530. The van der Waals surface area contributed by atoms with Crippen molar-refractivity contribution in [3.05, 3.63) is 47.7 Å². The highest BCUT2D eigenvalue weighted by Gasteiger charge is 2.08. The SMILES string of the molecule is Cc1ccccc1-c1ccc(C(C)N)o1. The van der Waals surface area contributed by atoms with Gasteiger partial charge in [0.25, 0.3) is 0 Å². The fourth-order valence-electron chi connectivity index (χ4n) is 1.59. The van der Waals surface area contributed by atoms with Gasteiger partial charge in [-0.05, 0) is 31.5 Å². The van der Waals surface area contributed by atoms with Crippen molar-refractivity contribution in [3.63, 3.8) is 0 Å². The molecule has 2 heteroatoms. The number of aryl methyl sites for hydroxylation is 1. The standard InChI is InChI=1S/C13H15NO/c1-9-5-3-4-6-11(9)13-8-7-12(15-13)10(2)14/h3-8,10H,14H2,1-2H3. The summed E-state index contributed by atoms with van der Waals surface area (Å²) >= 11 is 0. The Kier molecular flexibility index (Phi) is 2.60. The molecule has 0 saturated heterocycles. The van der Waals surface area contributed by atoms with Crippen LogP contribution in [0.15, 0.2) is 40.8 Å². The fourth-order valence-corrected chi connectivity index (χ4v) is 1.59. The van der Waals surface area contributed by atoms with Gasteiger partial charge in [-0.2, -0.15) is 0 Å². The first kappa shape index (κ1) is 9.99. The van der Waals surface area contributed by atoms with E-state index in [4.69, 9.17) is 10.2 Å². The third kappa shape index (κ3) is 1.95. The third-order valence-electron chi connectivity index (χ3n) is 2.49. The molecule has 1 heterocycles. The van der Waals surface area contributed by atoms with Gasteiger partial charge in [-0.25, -0.2) is 0 Å². The van der Waals surface area contributed by atoms with Crippen molar-refractivity contribution in [2.24, 2.45) is 5.73 Å². The number of nitrogens with two attached hydrogens (primary N) is 1. The first-order valence-electron chi connectivity index (χ1n) is 5.10. The van der Waals surface area contributed by atoms with Crippen LogP contribution >= 0.6 is 0 Å². The van der Waals surface area contributed by atoms with Crippen LogP contribution in [0.25, 0.3) is 11.3 Å². The summed E-state index contributed by atoms with van der Waals surface area (Å²) in [6.07, 6.45) is 0. The van der Waals surface area contributed by atoms with Gasteiger partial charge in [0.05, 0.1) is 6.04 Å². The zero-order valence-electron chi connectivity index (χ0n) is 9.03. The molecule has 1 aromatic heterocycles. The molecule has 0 radical (unpaired) electrons. The van der Waals surface area contributed by atoms with E-state index in [1.165, 1.54) is 5.56 Å². The van der Waals surface area contributed by atoms with Gasteiger partial charge in [0, 0.05) is 5.56 Å². The van der Waals surface area contributed by atoms with Gasteiger partial charge in [-0.1, -0.05) is 24.3 Å². The van der Waals surface area contributed by atoms with E-state index in [1.54, 1.807) is 0 Å². The minimum absolute atomic E-state index is 0.0530. The Morgan fingerprint density at radius 2 is 1.87 bits per heavy atom. The summed E-state index contributed by atoms with van der Waals surface area (Å²) < 4.78 is 5.69. The van der Waals surface area contributed by atoms with E-state index in [2.05, 4.69) is 19.1 Å². The van der Waals surface area contributed by atoms with Gasteiger partial charge in [0.1, 0.15) is 11.5 Å². The molecular formula is C13H15NO. The summed E-state index contributed by atoms with van der Waals surface area (Å²) in [4.78, 5) is 0. The molecule has 2 rings (SSSR count). The maximum Gasteiger partial charge on any atom is 0.134 e. The first-order valence-corrected chi connectivity index (χ1v) is 5.10. The predicted molar refractivity (Wildman–Crippen MR) is 61.5 cm³/mol. The molecule has 1 unspecified atom stereocenters. The summed E-state index contributed by atoms with van der Waals surface area (Å²) in [5.74, 6) is 1.72. The average Bonchev–Trinajstić information content (AvgIpc) is 2.67. The van der Waals surface area contributed by atoms with E-state index in [-0.39, 0.29) is 6.04 Å². The van der Waals surface area contributed by atoms with Crippen LogP contribution in [-0.4, -0.2) is 0 Å². The smallest absolute Gasteiger partial charge is 0.134 e. The van der Waals surface area contributed by atoms with Crippen molar-refractivity contribution >= 4 is 0 Å². The van der Waals surface area contributed by atoms with Crippen LogP contribution in [0.1, 0.15) is 24.3 Å². The molecular weight excluding hydrogens is 186 g/mol. The van der Waals surface area contributed by atoms with Crippen LogP contribution in [0.3, 0.4) is 0 Å². The van der Waals surface area contributed by atoms with E-state index in [9.17, 15) is 0 Å². The molecule has 78 valence electrons. The van der Waals surface area contributed by atoms with Crippen LogP contribution in [0, 0.1) is 6.92 Å². The van der Waals surface area contributed by atoms with E-state index < -0.39 is 0 Å². The van der Waals surface area contributed by atoms with Crippen molar-refractivity contribution in [2.75, 3.05) is 0 Å². The van der Waals surface area contributed by atoms with Crippen LogP contribution in [0.5, 0.6) is 0 Å². The quantitative estimate of drug-likeness (QED) is 0.809. The molecule has 15 heavy (non-hydrogen) atoms. The molecule has 2 aromatic rings. The molecule has 0 saturated carbocycles. The van der Waals surface area contributed by atoms with E-state index >= 15 is 0 Å². The number of hydrogen-bond donors (Lipinski definition) is 1. The highest BCUT2D eigenvalue weighted by molar-refractivity contribution is 5.61. The summed E-state index contributed by atoms with van der Waals surface area (Å²) in [6.45, 7) is 3.99. The zero-order valence-corrected chi connectivity index (χ0v) is 9.03. The maximum absolute atomic E-state index is 5.75. The normalized spacial score (nSPS) is 12.7. The highest BCUT2D eigenvalue weighted by atomic mass is 16.3. The highest BCUT2D eigenvalue weighted by Crippen LogP contribution is 2.26. The lowest BCUT2D eigenvalue weighted by molar-refractivity contribution is 0.491. The molecule has 2 N–H and O–H groups in total. The monoisotopic (exact) mass is 201 g/mol. The minimum Gasteiger partial charge on any atom is -0.459 e. The summed E-state index contributed by atoms with van der Waals surface area (Å²) in [5, 5.41) is 0. The second-order valence-corrected chi connectivity index (χ2v) is 3.81. The molecule has 1 aromatic carbocycles. The van der Waals surface area contributed by atoms with Gasteiger partial charge in [0.15, 0.2) is 0 Å². The van der Waals surface area contributed by atoms with Crippen molar-refractivity contribution in [3.8, 4) is 11.3 Å². The van der Waals surface area contributed by atoms with Gasteiger partial charge in [-0.3, -0.25) is 0 Å². The zero-order chi connectivity index (χ0) is 10.8. The Bertz CT molecular complexity index is 457. The predicted octanol–water partition coefficient (Wildman–Crippen LogP) is 3.27. The van der Waals surface area contributed by atoms with Crippen molar-refractivity contribution in [1.82, 2.24) is 0 Å². The van der Waals surface area contributed by atoms with Crippen molar-refractivity contribution < 1.29 is 4.42 Å². The lowest BCUT2D eigenvalue weighted by Crippen LogP contribution is -2.02. The molecule has 0 aliphatic heterocycles. The first-order chi connectivity index (χ1) is 7.18. The summed E-state index contributed by atoms with van der Waals surface area (Å²) in [7, 11) is 0. The largest absolute Gasteiger partial charge is 0.459 e. The van der Waals surface area contributed by atoms with Crippen molar-refractivity contribution in [2.45, 2.75) is 19.9 Å². The van der Waals surface area contributed by atoms with Gasteiger partial charge >= 0.3 is 0 Å².